The van der Waals surface area contributed by atoms with Crippen molar-refractivity contribution in [2.45, 2.75) is 26.9 Å². The fourth-order valence-corrected chi connectivity index (χ4v) is 6.47. The molecule has 1 amide bonds. The molecule has 13 nitrogen and oxygen atoms in total. The van der Waals surface area contributed by atoms with Crippen molar-refractivity contribution in [2.75, 3.05) is 36.0 Å². The predicted molar refractivity (Wildman–Crippen MR) is 203 cm³/mol. The van der Waals surface area contributed by atoms with E-state index in [9.17, 15) is 9.59 Å². The lowest BCUT2D eigenvalue weighted by molar-refractivity contribution is -0.142. The fraction of sp³-hybridized carbons (Fsp3) is 0.278. The molecule has 2 saturated heterocycles. The molecule has 264 valence electrons. The van der Waals surface area contributed by atoms with Crippen LogP contribution in [0.15, 0.2) is 94.7 Å². The molecule has 0 unspecified atom stereocenters. The summed E-state index contributed by atoms with van der Waals surface area (Å²) in [6.45, 7) is 7.69. The van der Waals surface area contributed by atoms with E-state index in [1.165, 1.54) is 23.0 Å². The van der Waals surface area contributed by atoms with E-state index in [2.05, 4.69) is 112 Å². The maximum atomic E-state index is 12.3. The monoisotopic (exact) mass is 816 g/mol. The molecular weight excluding hydrogens is 780 g/mol. The van der Waals surface area contributed by atoms with Gasteiger partial charge in [0.05, 0.1) is 11.8 Å². The minimum Gasteiger partial charge on any atom is -0.481 e. The van der Waals surface area contributed by atoms with Crippen molar-refractivity contribution >= 4 is 66.4 Å². The van der Waals surface area contributed by atoms with E-state index >= 15 is 0 Å². The minimum absolute atomic E-state index is 0.00105. The molecule has 2 aliphatic heterocycles. The van der Waals surface area contributed by atoms with Crippen molar-refractivity contribution in [1.82, 2.24) is 34.5 Å². The van der Waals surface area contributed by atoms with E-state index in [1.807, 2.05) is 41.6 Å². The highest BCUT2D eigenvalue weighted by Crippen LogP contribution is 2.30. The predicted octanol–water partition coefficient (Wildman–Crippen LogP) is 5.02. The number of carbonyl (C=O) groups is 2. The summed E-state index contributed by atoms with van der Waals surface area (Å²) in [4.78, 5) is 35.7. The Morgan fingerprint density at radius 1 is 0.765 bits per heavy atom. The number of fused-ring (bicyclic) bond motifs is 2. The number of carboxylic acid groups (broad SMARTS) is 1. The van der Waals surface area contributed by atoms with E-state index in [0.717, 1.165) is 37.2 Å². The number of benzene rings is 2. The number of rotatable bonds is 7. The average molecular weight is 819 g/mol. The number of carbonyl (C=O) groups excluding carboxylic acids is 1. The van der Waals surface area contributed by atoms with Crippen molar-refractivity contribution in [2.24, 2.45) is 17.6 Å². The van der Waals surface area contributed by atoms with Crippen LogP contribution >= 0.6 is 31.9 Å². The van der Waals surface area contributed by atoms with Gasteiger partial charge in [-0.25, -0.2) is 19.0 Å². The first-order valence-electron chi connectivity index (χ1n) is 16.4. The quantitative estimate of drug-likeness (QED) is 0.200. The van der Waals surface area contributed by atoms with Crippen molar-refractivity contribution in [3.63, 3.8) is 0 Å². The third-order valence-corrected chi connectivity index (χ3v) is 9.60. The summed E-state index contributed by atoms with van der Waals surface area (Å²) in [6.07, 6.45) is 6.75. The number of halogens is 2. The van der Waals surface area contributed by atoms with Gasteiger partial charge in [-0.2, -0.15) is 10.2 Å². The number of hydrogen-bond donors (Lipinski definition) is 3. The molecule has 51 heavy (non-hydrogen) atoms. The van der Waals surface area contributed by atoms with Crippen molar-refractivity contribution < 1.29 is 14.7 Å². The molecule has 15 heteroatoms. The van der Waals surface area contributed by atoms with Gasteiger partial charge >= 0.3 is 5.97 Å². The molecule has 0 atom stereocenters. The van der Waals surface area contributed by atoms with Crippen molar-refractivity contribution in [3.05, 3.63) is 117 Å². The van der Waals surface area contributed by atoms with Crippen molar-refractivity contribution in [1.29, 1.82) is 0 Å². The number of nitrogens with one attached hydrogen (secondary N) is 1. The Labute approximate surface area is 311 Å². The Kier molecular flexibility index (Phi) is 11.3. The Bertz CT molecular complexity index is 2120. The van der Waals surface area contributed by atoms with Gasteiger partial charge in [-0.05, 0) is 69.0 Å². The van der Waals surface area contributed by atoms with Crippen LogP contribution in [0, 0.1) is 25.7 Å². The maximum absolute atomic E-state index is 12.3. The third kappa shape index (κ3) is 8.72. The van der Waals surface area contributed by atoms with Gasteiger partial charge < -0.3 is 26.0 Å². The van der Waals surface area contributed by atoms with Gasteiger partial charge in [0.2, 0.25) is 5.91 Å². The normalized spacial score (nSPS) is 14.2. The lowest BCUT2D eigenvalue weighted by atomic mass is 9.99. The zero-order valence-corrected chi connectivity index (χ0v) is 31.3. The molecule has 0 aliphatic carbocycles. The van der Waals surface area contributed by atoms with E-state index in [-0.39, 0.29) is 17.7 Å². The number of carboxylic acids is 1. The number of hydrogen-bond acceptors (Lipinski definition) is 9. The summed E-state index contributed by atoms with van der Waals surface area (Å²) in [5.74, 6) is 0.704. The minimum atomic E-state index is -0.747. The van der Waals surface area contributed by atoms with Gasteiger partial charge in [0.1, 0.15) is 23.7 Å². The SMILES string of the molecule is Cc1ccc(CN)cc1.Cc1ccc(CNC(=O)C2CN(c3ncnn4cc(Br)cc34)C2)cc1.O=C(O)C1CN(c2ncnn3cc(Br)cc23)C1. The van der Waals surface area contributed by atoms with Crippen LogP contribution in [0.3, 0.4) is 0 Å². The Balaban J connectivity index is 0.000000148. The molecule has 2 aliphatic rings. The molecule has 6 heterocycles. The van der Waals surface area contributed by atoms with Gasteiger partial charge in [-0.3, -0.25) is 9.59 Å². The van der Waals surface area contributed by atoms with E-state index in [1.54, 1.807) is 15.4 Å². The highest BCUT2D eigenvalue weighted by molar-refractivity contribution is 9.10. The Hall–Kier alpha value is -4.86. The van der Waals surface area contributed by atoms with Crippen LogP contribution < -0.4 is 20.9 Å². The highest BCUT2D eigenvalue weighted by Gasteiger charge is 2.35. The van der Waals surface area contributed by atoms with Crippen LogP contribution in [0.2, 0.25) is 0 Å². The van der Waals surface area contributed by atoms with Gasteiger partial charge in [-0.1, -0.05) is 59.7 Å². The van der Waals surface area contributed by atoms with Gasteiger partial charge in [0, 0.05) is 60.6 Å². The molecule has 2 fully saturated rings. The van der Waals surface area contributed by atoms with Crippen LogP contribution in [-0.4, -0.2) is 72.4 Å². The molecular formula is C36H38Br2N10O3. The summed E-state index contributed by atoms with van der Waals surface area (Å²) in [5, 5.41) is 20.2. The second kappa shape index (κ2) is 16.0. The van der Waals surface area contributed by atoms with Gasteiger partial charge in [0.15, 0.2) is 11.6 Å². The van der Waals surface area contributed by atoms with Crippen LogP contribution in [0.5, 0.6) is 0 Å². The molecule has 0 radical (unpaired) electrons. The molecule has 6 aromatic rings. The first-order chi connectivity index (χ1) is 24.6. The number of nitrogens with two attached hydrogens (primary N) is 1. The van der Waals surface area contributed by atoms with E-state index < -0.39 is 5.97 Å². The number of nitrogens with zero attached hydrogens (tertiary/aromatic N) is 8. The molecule has 0 bridgehead atoms. The van der Waals surface area contributed by atoms with Crippen LogP contribution in [0.1, 0.15) is 22.3 Å². The summed E-state index contributed by atoms with van der Waals surface area (Å²) < 4.78 is 5.40. The second-order valence-corrected chi connectivity index (χ2v) is 14.4. The number of anilines is 2. The summed E-state index contributed by atoms with van der Waals surface area (Å²) in [6, 6.07) is 20.4. The summed E-state index contributed by atoms with van der Waals surface area (Å²) >= 11 is 6.84. The van der Waals surface area contributed by atoms with Crippen LogP contribution in [0.4, 0.5) is 11.6 Å². The fourth-order valence-electron chi connectivity index (χ4n) is 5.65. The van der Waals surface area contributed by atoms with Crippen LogP contribution in [-0.2, 0) is 22.7 Å². The highest BCUT2D eigenvalue weighted by atomic mass is 79.9. The number of aryl methyl sites for hydroxylation is 2. The van der Waals surface area contributed by atoms with Gasteiger partial charge in [0.25, 0.3) is 0 Å². The number of aromatic nitrogens is 6. The standard InChI is InChI=1S/C18H18BrN5O.C10H9BrN4O2.C8H11N/c1-12-2-4-13(5-3-12)7-20-18(25)14-8-23(9-14)17-16-6-15(19)10-24(16)22-11-21-17;11-7-1-8-9(12-5-13-15(8)4-7)14-2-6(3-14)10(16)17;1-7-2-4-8(6-9)5-3-7/h2-6,10-11,14H,7-9H2,1H3,(H,20,25);1,4-6H,2-3H2,(H,16,17);2-5H,6,9H2,1H3. The first kappa shape index (κ1) is 35.9. The number of amides is 1. The lowest BCUT2D eigenvalue weighted by Gasteiger charge is -2.39. The van der Waals surface area contributed by atoms with Crippen LogP contribution in [0.25, 0.3) is 11.0 Å². The first-order valence-corrected chi connectivity index (χ1v) is 18.0. The summed E-state index contributed by atoms with van der Waals surface area (Å²) in [7, 11) is 0. The topological polar surface area (TPSA) is 159 Å². The third-order valence-electron chi connectivity index (χ3n) is 8.73. The number of aliphatic carboxylic acids is 1. The zero-order chi connectivity index (χ0) is 36.1. The molecule has 4 N–H and O–H groups in total. The molecule has 4 aromatic heterocycles. The van der Waals surface area contributed by atoms with Crippen molar-refractivity contribution in [3.8, 4) is 0 Å². The second-order valence-electron chi connectivity index (χ2n) is 12.6. The van der Waals surface area contributed by atoms with E-state index in [4.69, 9.17) is 10.8 Å². The molecule has 0 saturated carbocycles. The Morgan fingerprint density at radius 2 is 1.22 bits per heavy atom. The average Bonchev–Trinajstić information content (AvgIpc) is 3.65. The molecule has 2 aromatic carbocycles. The maximum Gasteiger partial charge on any atom is 0.310 e. The zero-order valence-electron chi connectivity index (χ0n) is 28.2. The molecule has 0 spiro atoms. The Morgan fingerprint density at radius 3 is 1.67 bits per heavy atom. The van der Waals surface area contributed by atoms with Gasteiger partial charge in [-0.15, -0.1) is 0 Å². The van der Waals surface area contributed by atoms with E-state index in [0.29, 0.717) is 39.3 Å². The summed E-state index contributed by atoms with van der Waals surface area (Å²) in [5.41, 5.74) is 12.0. The molecule has 8 rings (SSSR count). The smallest absolute Gasteiger partial charge is 0.310 e. The lowest BCUT2D eigenvalue weighted by Crippen LogP contribution is -2.54. The largest absolute Gasteiger partial charge is 0.481 e.